The van der Waals surface area contributed by atoms with Crippen LogP contribution in [0.5, 0.6) is 0 Å². The lowest BCUT2D eigenvalue weighted by Gasteiger charge is -2.34. The van der Waals surface area contributed by atoms with Crippen LogP contribution in [0, 0.1) is 11.3 Å². The number of Topliss-reactive ketones (excluding diaryl/α,β-unsaturated/α-hetero) is 2. The van der Waals surface area contributed by atoms with Crippen molar-refractivity contribution < 1.29 is 32.3 Å². The summed E-state index contributed by atoms with van der Waals surface area (Å²) in [4.78, 5) is 37.3. The second-order valence-electron chi connectivity index (χ2n) is 7.14. The molecule has 0 radical (unpaired) electrons. The van der Waals surface area contributed by atoms with Gasteiger partial charge in [-0.1, -0.05) is 0 Å². The molecule has 2 rings (SSSR count). The summed E-state index contributed by atoms with van der Waals surface area (Å²) in [5.74, 6) is -3.06. The predicted octanol–water partition coefficient (Wildman–Crippen LogP) is 2.72. The first kappa shape index (κ1) is 17.7. The number of hydrogen-bond acceptors (Lipinski definition) is 4. The largest absolute Gasteiger partial charge is 0.444 e. The Balaban J connectivity index is 2.12. The number of piperidine rings is 1. The quantitative estimate of drug-likeness (QED) is 0.728. The van der Waals surface area contributed by atoms with E-state index in [4.69, 9.17) is 4.74 Å². The Kier molecular flexibility index (Phi) is 4.24. The zero-order chi connectivity index (χ0) is 17.6. The fourth-order valence-electron chi connectivity index (χ4n) is 2.68. The van der Waals surface area contributed by atoms with E-state index in [2.05, 4.69) is 0 Å². The Morgan fingerprint density at radius 3 is 2.22 bits per heavy atom. The molecule has 2 aliphatic rings. The minimum atomic E-state index is -4.65. The zero-order valence-corrected chi connectivity index (χ0v) is 13.3. The highest BCUT2D eigenvalue weighted by molar-refractivity contribution is 6.07. The number of rotatable bonds is 2. The molecule has 0 aromatic heterocycles. The third-order valence-corrected chi connectivity index (χ3v) is 4.15. The number of amides is 1. The van der Waals surface area contributed by atoms with Crippen LogP contribution in [0.4, 0.5) is 18.0 Å². The van der Waals surface area contributed by atoms with Gasteiger partial charge in [-0.25, -0.2) is 4.79 Å². The van der Waals surface area contributed by atoms with E-state index in [1.807, 2.05) is 0 Å². The zero-order valence-electron chi connectivity index (χ0n) is 13.3. The van der Waals surface area contributed by atoms with Crippen molar-refractivity contribution in [3.63, 3.8) is 0 Å². The summed E-state index contributed by atoms with van der Waals surface area (Å²) in [7, 11) is 0. The van der Waals surface area contributed by atoms with Crippen molar-refractivity contribution >= 4 is 17.7 Å². The molecule has 0 bridgehead atoms. The number of carbonyl (C=O) groups excluding carboxylic acids is 3. The van der Waals surface area contributed by atoms with Crippen molar-refractivity contribution in [2.45, 2.75) is 51.8 Å². The molecule has 1 heterocycles. The van der Waals surface area contributed by atoms with E-state index in [0.717, 1.165) is 4.90 Å². The summed E-state index contributed by atoms with van der Waals surface area (Å²) in [6.07, 6.45) is -6.08. The lowest BCUT2D eigenvalue weighted by molar-refractivity contribution is -0.193. The molecule has 8 heteroatoms. The van der Waals surface area contributed by atoms with Crippen LogP contribution in [0.25, 0.3) is 0 Å². The normalized spacial score (nSPS) is 24.3. The number of halogens is 3. The average Bonchev–Trinajstić information content (AvgIpc) is 3.17. The summed E-state index contributed by atoms with van der Waals surface area (Å²) in [6.45, 7) is 4.68. The number of alkyl halides is 3. The van der Waals surface area contributed by atoms with Crippen molar-refractivity contribution in [1.29, 1.82) is 0 Å². The summed E-state index contributed by atoms with van der Waals surface area (Å²) in [6, 6.07) is 0. The summed E-state index contributed by atoms with van der Waals surface area (Å²) in [5, 5.41) is 0. The molecule has 1 amide bonds. The maximum atomic E-state index is 13.1. The summed E-state index contributed by atoms with van der Waals surface area (Å²) in [5.41, 5.74) is -3.16. The van der Waals surface area contributed by atoms with E-state index in [1.165, 1.54) is 0 Å². The molecule has 2 fully saturated rings. The summed E-state index contributed by atoms with van der Waals surface area (Å²) < 4.78 is 44.4. The van der Waals surface area contributed by atoms with Crippen LogP contribution in [0.3, 0.4) is 0 Å². The minimum Gasteiger partial charge on any atom is -0.444 e. The van der Waals surface area contributed by atoms with Gasteiger partial charge in [0.2, 0.25) is 0 Å². The van der Waals surface area contributed by atoms with E-state index in [1.54, 1.807) is 20.8 Å². The number of ketones is 2. The van der Waals surface area contributed by atoms with Crippen LogP contribution in [-0.2, 0) is 14.3 Å². The highest BCUT2D eigenvalue weighted by atomic mass is 19.4. The van der Waals surface area contributed by atoms with Crippen LogP contribution in [0.2, 0.25) is 0 Å². The monoisotopic (exact) mass is 335 g/mol. The van der Waals surface area contributed by atoms with Gasteiger partial charge in [-0.15, -0.1) is 0 Å². The van der Waals surface area contributed by atoms with Gasteiger partial charge in [0.05, 0.1) is 5.92 Å². The fourth-order valence-corrected chi connectivity index (χ4v) is 2.68. The molecular formula is C15H20F3NO4. The van der Waals surface area contributed by atoms with Gasteiger partial charge >= 0.3 is 12.3 Å². The van der Waals surface area contributed by atoms with Gasteiger partial charge < -0.3 is 9.64 Å². The summed E-state index contributed by atoms with van der Waals surface area (Å²) >= 11 is 0. The van der Waals surface area contributed by atoms with Crippen LogP contribution in [0.1, 0.15) is 40.0 Å². The first-order valence-electron chi connectivity index (χ1n) is 7.49. The maximum absolute atomic E-state index is 13.1. The Morgan fingerprint density at radius 2 is 1.78 bits per heavy atom. The molecule has 130 valence electrons. The van der Waals surface area contributed by atoms with Crippen LogP contribution in [-0.4, -0.2) is 47.4 Å². The molecule has 0 N–H and O–H groups in total. The van der Waals surface area contributed by atoms with Crippen LogP contribution >= 0.6 is 0 Å². The molecule has 1 aliphatic heterocycles. The van der Waals surface area contributed by atoms with Crippen molar-refractivity contribution in [1.82, 2.24) is 4.90 Å². The fraction of sp³-hybridized carbons (Fsp3) is 0.800. The number of likely N-dealkylation sites (tertiary alicyclic amines) is 1. The Labute approximate surface area is 132 Å². The van der Waals surface area contributed by atoms with Crippen LogP contribution in [0.15, 0.2) is 0 Å². The molecule has 5 nitrogen and oxygen atoms in total. The van der Waals surface area contributed by atoms with Gasteiger partial charge in [0.1, 0.15) is 16.8 Å². The molecule has 23 heavy (non-hydrogen) atoms. The first-order valence-corrected chi connectivity index (χ1v) is 7.49. The van der Waals surface area contributed by atoms with Crippen molar-refractivity contribution in [2.75, 3.05) is 13.1 Å². The topological polar surface area (TPSA) is 63.7 Å². The Bertz CT molecular complexity index is 532. The highest BCUT2D eigenvalue weighted by Crippen LogP contribution is 2.59. The Hall–Kier alpha value is -1.60. The predicted molar refractivity (Wildman–Crippen MR) is 73.7 cm³/mol. The van der Waals surface area contributed by atoms with Gasteiger partial charge in [0, 0.05) is 19.5 Å². The van der Waals surface area contributed by atoms with Crippen molar-refractivity contribution in [3.8, 4) is 0 Å². The lowest BCUT2D eigenvalue weighted by atomic mass is 9.83. The van der Waals surface area contributed by atoms with E-state index in [0.29, 0.717) is 0 Å². The number of ether oxygens (including phenoxy) is 1. The van der Waals surface area contributed by atoms with E-state index in [9.17, 15) is 27.6 Å². The van der Waals surface area contributed by atoms with Gasteiger partial charge in [-0.3, -0.25) is 9.59 Å². The lowest BCUT2D eigenvalue weighted by Crippen LogP contribution is -2.51. The van der Waals surface area contributed by atoms with E-state index in [-0.39, 0.29) is 32.4 Å². The van der Waals surface area contributed by atoms with Gasteiger partial charge in [0.15, 0.2) is 5.78 Å². The number of hydrogen-bond donors (Lipinski definition) is 0. The second kappa shape index (κ2) is 5.49. The highest BCUT2D eigenvalue weighted by Gasteiger charge is 2.69. The third-order valence-electron chi connectivity index (χ3n) is 4.15. The SMILES string of the molecule is CC(C)(C)OC(=O)N1CCC(=O)C(C(=O)C2(C(F)(F)F)CC2)C1. The molecule has 1 saturated heterocycles. The minimum absolute atomic E-state index is 0.0521. The van der Waals surface area contributed by atoms with Gasteiger partial charge in [0.25, 0.3) is 0 Å². The first-order chi connectivity index (χ1) is 10.4. The molecule has 1 saturated carbocycles. The molecule has 1 unspecified atom stereocenters. The maximum Gasteiger partial charge on any atom is 0.410 e. The molecule has 0 spiro atoms. The molecule has 0 aromatic rings. The van der Waals surface area contributed by atoms with Crippen molar-refractivity contribution in [3.05, 3.63) is 0 Å². The third kappa shape index (κ3) is 3.50. The van der Waals surface area contributed by atoms with Gasteiger partial charge in [-0.2, -0.15) is 13.2 Å². The molecular weight excluding hydrogens is 315 g/mol. The number of carbonyl (C=O) groups is 3. The van der Waals surface area contributed by atoms with E-state index < -0.39 is 40.8 Å². The molecule has 1 aliphatic carbocycles. The number of nitrogens with zero attached hydrogens (tertiary/aromatic N) is 1. The molecule has 1 atom stereocenters. The molecule has 0 aromatic carbocycles. The second-order valence-corrected chi connectivity index (χ2v) is 7.14. The van der Waals surface area contributed by atoms with Crippen LogP contribution < -0.4 is 0 Å². The Morgan fingerprint density at radius 1 is 1.22 bits per heavy atom. The van der Waals surface area contributed by atoms with E-state index >= 15 is 0 Å². The van der Waals surface area contributed by atoms with Crippen molar-refractivity contribution in [2.24, 2.45) is 11.3 Å². The smallest absolute Gasteiger partial charge is 0.410 e. The van der Waals surface area contributed by atoms with Gasteiger partial charge in [-0.05, 0) is 33.6 Å². The average molecular weight is 335 g/mol. The standard InChI is InChI=1S/C15H20F3NO4/c1-13(2,3)23-12(22)19-7-4-10(20)9(8-19)11(21)14(5-6-14)15(16,17)18/h9H,4-8H2,1-3H3.